The van der Waals surface area contributed by atoms with Crippen LogP contribution in [0.25, 0.3) is 0 Å². The average molecular weight is 420 g/mol. The maximum atomic E-state index is 13.4. The van der Waals surface area contributed by atoms with Crippen LogP contribution in [0.3, 0.4) is 0 Å². The van der Waals surface area contributed by atoms with Gasteiger partial charge in [-0.05, 0) is 30.2 Å². The Hall–Kier alpha value is -3.38. The molecule has 0 aliphatic rings. The quantitative estimate of drug-likeness (QED) is 0.745. The van der Waals surface area contributed by atoms with E-state index < -0.39 is 17.9 Å². The van der Waals surface area contributed by atoms with Crippen LogP contribution in [0, 0.1) is 24.1 Å². The number of hydrogen-bond acceptors (Lipinski definition) is 5. The Morgan fingerprint density at radius 1 is 1.41 bits per heavy atom. The van der Waals surface area contributed by atoms with Gasteiger partial charge in [-0.15, -0.1) is 0 Å². The summed E-state index contributed by atoms with van der Waals surface area (Å²) >= 11 is 5.84. The van der Waals surface area contributed by atoms with Crippen LogP contribution in [0.4, 0.5) is 19.8 Å². The van der Waals surface area contributed by atoms with E-state index in [0.29, 0.717) is 16.7 Å². The summed E-state index contributed by atoms with van der Waals surface area (Å²) in [6.45, 7) is 1.87. The summed E-state index contributed by atoms with van der Waals surface area (Å²) in [6.07, 6.45) is 0.621. The lowest BCUT2D eigenvalue weighted by Crippen LogP contribution is -2.39. The largest absolute Gasteiger partial charge is 0.447 e. The van der Waals surface area contributed by atoms with Crippen molar-refractivity contribution >= 4 is 29.5 Å². The van der Waals surface area contributed by atoms with Gasteiger partial charge in [-0.25, -0.2) is 19.0 Å². The number of carbonyl (C=O) groups excluding carboxylic acids is 2. The van der Waals surface area contributed by atoms with Crippen LogP contribution in [0.1, 0.15) is 16.7 Å². The topological polar surface area (TPSA) is 107 Å². The van der Waals surface area contributed by atoms with Gasteiger partial charge in [-0.2, -0.15) is 5.26 Å². The minimum Gasteiger partial charge on any atom is -0.447 e. The number of carbonyl (C=O) groups is 2. The maximum Gasteiger partial charge on any atom is 0.412 e. The van der Waals surface area contributed by atoms with Crippen LogP contribution in [0.5, 0.6) is 0 Å². The first-order valence-electron chi connectivity index (χ1n) is 8.54. The van der Waals surface area contributed by atoms with Gasteiger partial charge in [-0.3, -0.25) is 5.32 Å². The number of benzene rings is 1. The Bertz CT molecular complexity index is 948. The Labute approximate surface area is 172 Å². The molecular weight excluding hydrogens is 401 g/mol. The summed E-state index contributed by atoms with van der Waals surface area (Å²) in [4.78, 5) is 29.1. The van der Waals surface area contributed by atoms with E-state index in [0.717, 1.165) is 0 Å². The van der Waals surface area contributed by atoms with E-state index in [4.69, 9.17) is 21.6 Å². The van der Waals surface area contributed by atoms with Crippen molar-refractivity contribution in [2.45, 2.75) is 13.5 Å². The summed E-state index contributed by atoms with van der Waals surface area (Å²) in [5.74, 6) is -0.303. The third kappa shape index (κ3) is 6.33. The van der Waals surface area contributed by atoms with Gasteiger partial charge in [-0.1, -0.05) is 23.7 Å². The average Bonchev–Trinajstić information content (AvgIpc) is 2.69. The SMILES string of the molecule is Cc1cc(NC(=O)OCCN(C)C(=O)NCc2cccc(F)c2Cl)ncc1C#N. The first-order valence-corrected chi connectivity index (χ1v) is 8.92. The van der Waals surface area contributed by atoms with Crippen molar-refractivity contribution in [2.24, 2.45) is 0 Å². The molecule has 0 radical (unpaired) electrons. The third-order valence-corrected chi connectivity index (χ3v) is 4.35. The van der Waals surface area contributed by atoms with E-state index >= 15 is 0 Å². The Balaban J connectivity index is 1.74. The predicted molar refractivity (Wildman–Crippen MR) is 105 cm³/mol. The zero-order chi connectivity index (χ0) is 21.4. The molecule has 0 bridgehead atoms. The number of urea groups is 1. The van der Waals surface area contributed by atoms with Gasteiger partial charge in [0, 0.05) is 19.8 Å². The molecule has 0 saturated carbocycles. The van der Waals surface area contributed by atoms with E-state index in [2.05, 4.69) is 15.6 Å². The first-order chi connectivity index (χ1) is 13.8. The van der Waals surface area contributed by atoms with Crippen molar-refractivity contribution < 1.29 is 18.7 Å². The lowest BCUT2D eigenvalue weighted by Gasteiger charge is -2.18. The number of aryl methyl sites for hydroxylation is 1. The molecule has 0 atom stereocenters. The van der Waals surface area contributed by atoms with Crippen LogP contribution < -0.4 is 10.6 Å². The number of anilines is 1. The van der Waals surface area contributed by atoms with Crippen LogP contribution in [-0.4, -0.2) is 42.2 Å². The van der Waals surface area contributed by atoms with Crippen molar-refractivity contribution in [3.63, 3.8) is 0 Å². The lowest BCUT2D eigenvalue weighted by molar-refractivity contribution is 0.146. The summed E-state index contributed by atoms with van der Waals surface area (Å²) in [5.41, 5.74) is 1.54. The van der Waals surface area contributed by atoms with Gasteiger partial charge in [0.2, 0.25) is 0 Å². The monoisotopic (exact) mass is 419 g/mol. The van der Waals surface area contributed by atoms with Gasteiger partial charge in [0.15, 0.2) is 0 Å². The molecule has 0 fully saturated rings. The number of hydrogen-bond donors (Lipinski definition) is 2. The second kappa shape index (κ2) is 10.2. The molecule has 2 aromatic rings. The van der Waals surface area contributed by atoms with Crippen molar-refractivity contribution in [1.29, 1.82) is 5.26 Å². The molecule has 152 valence electrons. The normalized spacial score (nSPS) is 10.0. The molecule has 0 saturated heterocycles. The fraction of sp³-hybridized carbons (Fsp3) is 0.263. The van der Waals surface area contributed by atoms with Crippen molar-refractivity contribution in [2.75, 3.05) is 25.5 Å². The molecule has 1 aromatic carbocycles. The fourth-order valence-electron chi connectivity index (χ4n) is 2.25. The van der Waals surface area contributed by atoms with Crippen LogP contribution in [0.2, 0.25) is 5.02 Å². The molecule has 8 nitrogen and oxygen atoms in total. The Morgan fingerprint density at radius 2 is 2.17 bits per heavy atom. The highest BCUT2D eigenvalue weighted by atomic mass is 35.5. The molecule has 10 heteroatoms. The molecule has 0 aliphatic heterocycles. The van der Waals surface area contributed by atoms with Crippen LogP contribution in [0.15, 0.2) is 30.5 Å². The van der Waals surface area contributed by atoms with E-state index in [1.54, 1.807) is 19.1 Å². The van der Waals surface area contributed by atoms with Crippen molar-refractivity contribution in [3.8, 4) is 6.07 Å². The van der Waals surface area contributed by atoms with E-state index in [9.17, 15) is 14.0 Å². The van der Waals surface area contributed by atoms with Gasteiger partial charge in [0.05, 0.1) is 17.1 Å². The molecule has 0 spiro atoms. The second-order valence-corrected chi connectivity index (χ2v) is 6.43. The molecule has 3 amide bonds. The molecule has 2 rings (SSSR count). The summed E-state index contributed by atoms with van der Waals surface area (Å²) in [6, 6.07) is 7.45. The summed E-state index contributed by atoms with van der Waals surface area (Å²) < 4.78 is 18.4. The van der Waals surface area contributed by atoms with Gasteiger partial charge >= 0.3 is 12.1 Å². The number of rotatable bonds is 6. The zero-order valence-electron chi connectivity index (χ0n) is 15.8. The highest BCUT2D eigenvalue weighted by Crippen LogP contribution is 2.19. The fourth-order valence-corrected chi connectivity index (χ4v) is 2.44. The number of amides is 3. The summed E-state index contributed by atoms with van der Waals surface area (Å²) in [5, 5.41) is 13.9. The number of halogens is 2. The molecule has 2 N–H and O–H groups in total. The number of nitriles is 1. The molecule has 1 aromatic heterocycles. The van der Waals surface area contributed by atoms with Crippen molar-refractivity contribution in [3.05, 3.63) is 58.0 Å². The maximum absolute atomic E-state index is 13.4. The van der Waals surface area contributed by atoms with Gasteiger partial charge in [0.1, 0.15) is 24.3 Å². The Morgan fingerprint density at radius 3 is 2.86 bits per heavy atom. The summed E-state index contributed by atoms with van der Waals surface area (Å²) in [7, 11) is 1.52. The highest BCUT2D eigenvalue weighted by molar-refractivity contribution is 6.31. The predicted octanol–water partition coefficient (Wildman–Crippen LogP) is 3.44. The minimum atomic E-state index is -0.734. The molecule has 0 unspecified atom stereocenters. The van der Waals surface area contributed by atoms with Crippen LogP contribution in [-0.2, 0) is 11.3 Å². The van der Waals surface area contributed by atoms with Crippen LogP contribution >= 0.6 is 11.6 Å². The van der Waals surface area contributed by atoms with Gasteiger partial charge < -0.3 is 15.0 Å². The number of nitrogens with zero attached hydrogens (tertiary/aromatic N) is 3. The zero-order valence-corrected chi connectivity index (χ0v) is 16.6. The molecule has 0 aliphatic carbocycles. The second-order valence-electron chi connectivity index (χ2n) is 6.05. The highest BCUT2D eigenvalue weighted by Gasteiger charge is 2.12. The number of pyridine rings is 1. The van der Waals surface area contributed by atoms with E-state index in [-0.39, 0.29) is 30.5 Å². The Kier molecular flexibility index (Phi) is 7.74. The first kappa shape index (κ1) is 21.9. The number of ether oxygens (including phenoxy) is 1. The molecular formula is C19H19ClFN5O3. The van der Waals surface area contributed by atoms with E-state index in [1.165, 1.54) is 30.3 Å². The molecule has 29 heavy (non-hydrogen) atoms. The van der Waals surface area contributed by atoms with Crippen molar-refractivity contribution in [1.82, 2.24) is 15.2 Å². The third-order valence-electron chi connectivity index (χ3n) is 3.93. The number of likely N-dealkylation sites (N-methyl/N-ethyl adjacent to an activating group) is 1. The van der Waals surface area contributed by atoms with E-state index in [1.807, 2.05) is 6.07 Å². The number of nitrogens with one attached hydrogen (secondary N) is 2. The smallest absolute Gasteiger partial charge is 0.412 e. The minimum absolute atomic E-state index is 0.0397. The number of aromatic nitrogens is 1. The van der Waals surface area contributed by atoms with Gasteiger partial charge in [0.25, 0.3) is 0 Å². The molecule has 1 heterocycles. The standard InChI is InChI=1S/C19H19ClFN5O3/c1-12-8-16(23-11-14(12)9-22)25-19(28)29-7-6-26(2)18(27)24-10-13-4-3-5-15(21)17(13)20/h3-5,8,11H,6-7,10H2,1-2H3,(H,24,27)(H,23,25,28). The lowest BCUT2D eigenvalue weighted by atomic mass is 10.2.